The number of hydrogen-bond donors (Lipinski definition) is 1. The van der Waals surface area contributed by atoms with Gasteiger partial charge in [-0.2, -0.15) is 0 Å². The molecule has 39 heavy (non-hydrogen) atoms. The molecule has 2 aliphatic rings. The van der Waals surface area contributed by atoms with E-state index in [9.17, 15) is 14.4 Å². The van der Waals surface area contributed by atoms with Gasteiger partial charge < -0.3 is 23.7 Å². The van der Waals surface area contributed by atoms with E-state index in [4.69, 9.17) is 18.9 Å². The lowest BCUT2D eigenvalue weighted by molar-refractivity contribution is 0.0516. The van der Waals surface area contributed by atoms with Crippen LogP contribution in [0.3, 0.4) is 0 Å². The zero-order valence-electron chi connectivity index (χ0n) is 23.2. The normalized spacial score (nSPS) is 14.4. The minimum Gasteiger partial charge on any atom is -0.500 e. The summed E-state index contributed by atoms with van der Waals surface area (Å²) >= 11 is 2.19. The van der Waals surface area contributed by atoms with E-state index < -0.39 is 8.32 Å². The first kappa shape index (κ1) is 32.6. The molecular weight excluding hydrogens is 627 g/mol. The number of carbonyl (C=O) groups is 2. The Kier molecular flexibility index (Phi) is 14.3. The highest BCUT2D eigenvalue weighted by Crippen LogP contribution is 2.22. The summed E-state index contributed by atoms with van der Waals surface area (Å²) in [6.07, 6.45) is 8.39. The number of hydrogen-bond acceptors (Lipinski definition) is 7. The molecule has 0 radical (unpaired) electrons. The topological polar surface area (TPSA) is 91.3 Å². The average molecular weight is 667 g/mol. The molecule has 1 N–H and O–H groups in total. The Hall–Kier alpha value is -2.63. The molecule has 0 unspecified atom stereocenters. The van der Waals surface area contributed by atoms with Crippen LogP contribution >= 0.6 is 22.6 Å². The number of carbonyl (C=O) groups excluding carboxylic acids is 2. The monoisotopic (exact) mass is 666 g/mol. The molecule has 0 saturated carbocycles. The van der Waals surface area contributed by atoms with Crippen molar-refractivity contribution in [1.29, 1.82) is 0 Å². The quantitative estimate of drug-likeness (QED) is 0.204. The molecular formula is C30H39IO7Si. The molecule has 0 aliphatic carbocycles. The van der Waals surface area contributed by atoms with Crippen LogP contribution in [0.15, 0.2) is 66.1 Å². The Morgan fingerprint density at radius 2 is 1.31 bits per heavy atom. The highest BCUT2D eigenvalue weighted by molar-refractivity contribution is 14.1. The molecule has 0 saturated heterocycles. The molecule has 0 spiro atoms. The van der Waals surface area contributed by atoms with Crippen molar-refractivity contribution in [1.82, 2.24) is 0 Å². The van der Waals surface area contributed by atoms with Gasteiger partial charge in [0.15, 0.2) is 0 Å². The lowest BCUT2D eigenvalue weighted by Gasteiger charge is -2.22. The average Bonchev–Trinajstić information content (AvgIpc) is 2.95. The summed E-state index contributed by atoms with van der Waals surface area (Å²) in [5, 5.41) is 0.860. The standard InChI is InChI=1S/C14H16O3.C9H9IO2.C7H14O2Si/c1-2-16-14(15)12-8-6-11(7-9-12)13-5-3-4-10-17-13;1-2-12-9(11)7-3-5-8(10)6-4-7;1-10(2,8)7-5-3-4-6-9-7/h5-9H,2-4,10H2,1H3;3-6H,2H2,1H3;5,8H,3-4,6H2,1-2H3. The first-order chi connectivity index (χ1) is 18.7. The summed E-state index contributed by atoms with van der Waals surface area (Å²) in [6, 6.07) is 14.6. The second-order valence-corrected chi connectivity index (χ2v) is 14.1. The number of rotatable bonds is 6. The van der Waals surface area contributed by atoms with E-state index in [0.717, 1.165) is 59.2 Å². The number of benzene rings is 2. The number of esters is 2. The Morgan fingerprint density at radius 1 is 0.821 bits per heavy atom. The van der Waals surface area contributed by atoms with Crippen molar-refractivity contribution in [2.75, 3.05) is 26.4 Å². The van der Waals surface area contributed by atoms with Gasteiger partial charge in [0.1, 0.15) is 11.1 Å². The van der Waals surface area contributed by atoms with E-state index in [1.165, 1.54) is 0 Å². The van der Waals surface area contributed by atoms with Crippen molar-refractivity contribution in [3.63, 3.8) is 0 Å². The van der Waals surface area contributed by atoms with Gasteiger partial charge >= 0.3 is 11.9 Å². The van der Waals surface area contributed by atoms with Crippen molar-refractivity contribution >= 4 is 48.6 Å². The predicted molar refractivity (Wildman–Crippen MR) is 164 cm³/mol. The molecule has 0 bridgehead atoms. The second-order valence-electron chi connectivity index (χ2n) is 9.20. The first-order valence-corrected chi connectivity index (χ1v) is 17.3. The maximum Gasteiger partial charge on any atom is 0.338 e. The molecule has 0 amide bonds. The van der Waals surface area contributed by atoms with Crippen LogP contribution in [0.1, 0.15) is 65.8 Å². The summed E-state index contributed by atoms with van der Waals surface area (Å²) < 4.78 is 21.7. The van der Waals surface area contributed by atoms with Crippen LogP contribution in [0, 0.1) is 3.57 Å². The maximum atomic E-state index is 11.5. The third kappa shape index (κ3) is 12.0. The molecule has 0 atom stereocenters. The van der Waals surface area contributed by atoms with Crippen molar-refractivity contribution in [3.8, 4) is 0 Å². The SMILES string of the molecule is CCOC(=O)c1ccc(C2=CCCCO2)cc1.CCOC(=O)c1ccc(I)cc1.C[Si](C)(O)C1=CCCCO1. The summed E-state index contributed by atoms with van der Waals surface area (Å²) in [4.78, 5) is 32.2. The molecule has 7 nitrogen and oxygen atoms in total. The molecule has 0 aromatic heterocycles. The molecule has 2 heterocycles. The van der Waals surface area contributed by atoms with Crippen molar-refractivity contribution in [3.05, 3.63) is 86.3 Å². The largest absolute Gasteiger partial charge is 0.500 e. The van der Waals surface area contributed by atoms with Crippen LogP contribution in [0.2, 0.25) is 13.1 Å². The van der Waals surface area contributed by atoms with Gasteiger partial charge in [-0.05, 0) is 124 Å². The van der Waals surface area contributed by atoms with Gasteiger partial charge in [-0.15, -0.1) is 0 Å². The third-order valence-corrected chi connectivity index (χ3v) is 7.78. The van der Waals surface area contributed by atoms with Gasteiger partial charge in [-0.25, -0.2) is 9.59 Å². The van der Waals surface area contributed by atoms with E-state index in [1.54, 1.807) is 38.1 Å². The van der Waals surface area contributed by atoms with Crippen LogP contribution in [-0.4, -0.2) is 51.5 Å². The van der Waals surface area contributed by atoms with Crippen molar-refractivity contribution in [2.45, 2.75) is 52.6 Å². The van der Waals surface area contributed by atoms with Crippen molar-refractivity contribution in [2.24, 2.45) is 0 Å². The highest BCUT2D eigenvalue weighted by atomic mass is 127. The maximum absolute atomic E-state index is 11.5. The Bertz CT molecular complexity index is 1100. The van der Waals surface area contributed by atoms with Crippen LogP contribution in [-0.2, 0) is 18.9 Å². The Labute approximate surface area is 246 Å². The third-order valence-electron chi connectivity index (χ3n) is 5.51. The lowest BCUT2D eigenvalue weighted by atomic mass is 10.1. The fraction of sp³-hybridized carbons (Fsp3) is 0.400. The van der Waals surface area contributed by atoms with Crippen LogP contribution in [0.4, 0.5) is 0 Å². The summed E-state index contributed by atoms with van der Waals surface area (Å²) in [6.45, 7) is 9.72. The highest BCUT2D eigenvalue weighted by Gasteiger charge is 2.26. The smallest absolute Gasteiger partial charge is 0.338 e. The number of allylic oxidation sites excluding steroid dienone is 2. The van der Waals surface area contributed by atoms with Gasteiger partial charge in [0.05, 0.1) is 37.6 Å². The van der Waals surface area contributed by atoms with Crippen LogP contribution in [0.5, 0.6) is 0 Å². The summed E-state index contributed by atoms with van der Waals surface area (Å²) in [5.74, 6) is 0.373. The lowest BCUT2D eigenvalue weighted by Crippen LogP contribution is -2.31. The van der Waals surface area contributed by atoms with Crippen LogP contribution < -0.4 is 0 Å². The summed E-state index contributed by atoms with van der Waals surface area (Å²) in [7, 11) is -2.12. The van der Waals surface area contributed by atoms with E-state index in [-0.39, 0.29) is 11.9 Å². The molecule has 0 fully saturated rings. The molecule has 212 valence electrons. The number of ether oxygens (including phenoxy) is 4. The van der Waals surface area contributed by atoms with Gasteiger partial charge in [0.25, 0.3) is 8.32 Å². The van der Waals surface area contributed by atoms with Crippen LogP contribution in [0.25, 0.3) is 5.76 Å². The molecule has 2 aliphatic heterocycles. The van der Waals surface area contributed by atoms with Gasteiger partial charge in [0, 0.05) is 9.13 Å². The Balaban J connectivity index is 0.000000214. The second kappa shape index (κ2) is 17.1. The summed E-state index contributed by atoms with van der Waals surface area (Å²) in [5.41, 5.74) is 2.20. The van der Waals surface area contributed by atoms with E-state index in [2.05, 4.69) is 28.7 Å². The minimum atomic E-state index is -2.12. The van der Waals surface area contributed by atoms with E-state index in [1.807, 2.05) is 43.4 Å². The minimum absolute atomic E-state index is 0.256. The number of halogens is 1. The zero-order valence-corrected chi connectivity index (χ0v) is 26.4. The fourth-order valence-corrected chi connectivity index (χ4v) is 4.99. The first-order valence-electron chi connectivity index (χ1n) is 13.2. The molecule has 4 rings (SSSR count). The zero-order chi connectivity index (χ0) is 28.7. The molecule has 2 aromatic rings. The van der Waals surface area contributed by atoms with Gasteiger partial charge in [-0.1, -0.05) is 12.1 Å². The van der Waals surface area contributed by atoms with E-state index in [0.29, 0.717) is 24.3 Å². The predicted octanol–water partition coefficient (Wildman–Crippen LogP) is 6.90. The van der Waals surface area contributed by atoms with Crippen molar-refractivity contribution < 1.29 is 33.3 Å². The fourth-order valence-electron chi connectivity index (χ4n) is 3.53. The van der Waals surface area contributed by atoms with Gasteiger partial charge in [-0.3, -0.25) is 0 Å². The Morgan fingerprint density at radius 3 is 1.69 bits per heavy atom. The van der Waals surface area contributed by atoms with E-state index >= 15 is 0 Å². The molecule has 2 aromatic carbocycles. The van der Waals surface area contributed by atoms with Gasteiger partial charge in [0.2, 0.25) is 0 Å². The molecule has 9 heteroatoms.